The molecule has 32 heavy (non-hydrogen) atoms. The first kappa shape index (κ1) is 21.7. The molecule has 2 aliphatic heterocycles. The number of anilines is 2. The van der Waals surface area contributed by atoms with E-state index in [1.54, 1.807) is 18.9 Å². The van der Waals surface area contributed by atoms with Crippen molar-refractivity contribution < 1.29 is 23.8 Å². The Bertz CT molecular complexity index is 1130. The Hall–Kier alpha value is -3.48. The third kappa shape index (κ3) is 3.28. The molecule has 1 amide bonds. The highest BCUT2D eigenvalue weighted by Gasteiger charge is 2.55. The molecule has 7 nitrogen and oxygen atoms in total. The fourth-order valence-electron chi connectivity index (χ4n) is 4.43. The summed E-state index contributed by atoms with van der Waals surface area (Å²) < 4.78 is 16.6. The summed E-state index contributed by atoms with van der Waals surface area (Å²) in [5.41, 5.74) is 2.18. The summed E-state index contributed by atoms with van der Waals surface area (Å²) in [6, 6.07) is 13.0. The van der Waals surface area contributed by atoms with Gasteiger partial charge in [-0.25, -0.2) is 9.59 Å². The summed E-state index contributed by atoms with van der Waals surface area (Å²) in [7, 11) is 1.59. The Morgan fingerprint density at radius 1 is 1.12 bits per heavy atom. The lowest BCUT2D eigenvalue weighted by Gasteiger charge is -2.41. The first-order chi connectivity index (χ1) is 15.1. The molecule has 2 aliphatic rings. The van der Waals surface area contributed by atoms with E-state index in [1.165, 1.54) is 0 Å². The fourth-order valence-corrected chi connectivity index (χ4v) is 4.43. The molecule has 2 aromatic carbocycles. The van der Waals surface area contributed by atoms with Crippen molar-refractivity contribution in [1.29, 1.82) is 0 Å². The molecule has 0 fully saturated rings. The van der Waals surface area contributed by atoms with E-state index in [1.807, 2.05) is 70.2 Å². The second kappa shape index (κ2) is 7.58. The molecule has 0 saturated heterocycles. The number of ether oxygens (including phenoxy) is 3. The summed E-state index contributed by atoms with van der Waals surface area (Å²) in [5, 5.41) is 3.25. The van der Waals surface area contributed by atoms with Gasteiger partial charge in [0, 0.05) is 22.4 Å². The van der Waals surface area contributed by atoms with Crippen LogP contribution >= 0.6 is 0 Å². The predicted molar refractivity (Wildman–Crippen MR) is 123 cm³/mol. The number of carbonyl (C=O) groups excluding carboxylic acids is 2. The standard InChI is InChI=1S/C25H28N2O5/c1-7-31-22(28)21-20-16-10-8-9-11-19(16)27(23(29)32-24(2,3)4)25(20,5)17-14-15(30-6)12-13-18(17)26-21/h8-14,26H,7H2,1-6H3/t25-/m0/s1. The monoisotopic (exact) mass is 436 g/mol. The number of nitrogens with one attached hydrogen (secondary N) is 1. The number of para-hydroxylation sites is 1. The van der Waals surface area contributed by atoms with Crippen LogP contribution in [0.15, 0.2) is 48.2 Å². The maximum Gasteiger partial charge on any atom is 0.415 e. The zero-order valence-corrected chi connectivity index (χ0v) is 19.2. The molecule has 2 heterocycles. The van der Waals surface area contributed by atoms with E-state index in [-0.39, 0.29) is 6.61 Å². The molecule has 168 valence electrons. The van der Waals surface area contributed by atoms with Crippen LogP contribution in [-0.4, -0.2) is 31.4 Å². The number of amides is 1. The summed E-state index contributed by atoms with van der Waals surface area (Å²) in [6.07, 6.45) is -0.499. The normalized spacial score (nSPS) is 18.9. The number of hydrogen-bond donors (Lipinski definition) is 1. The minimum atomic E-state index is -1.02. The van der Waals surface area contributed by atoms with Crippen molar-refractivity contribution in [3.05, 3.63) is 59.3 Å². The molecule has 1 atom stereocenters. The number of rotatable bonds is 3. The van der Waals surface area contributed by atoms with Crippen molar-refractivity contribution in [2.45, 2.75) is 45.8 Å². The highest BCUT2D eigenvalue weighted by molar-refractivity contribution is 6.13. The van der Waals surface area contributed by atoms with E-state index < -0.39 is 23.2 Å². The Labute approximate surface area is 188 Å². The average Bonchev–Trinajstić information content (AvgIpc) is 3.01. The third-order valence-electron chi connectivity index (χ3n) is 5.66. The highest BCUT2D eigenvalue weighted by Crippen LogP contribution is 2.58. The van der Waals surface area contributed by atoms with E-state index in [9.17, 15) is 9.59 Å². The summed E-state index contributed by atoms with van der Waals surface area (Å²) in [5.74, 6) is 0.168. The van der Waals surface area contributed by atoms with Crippen molar-refractivity contribution in [2.24, 2.45) is 0 Å². The molecule has 0 saturated carbocycles. The molecular weight excluding hydrogens is 408 g/mol. The van der Waals surface area contributed by atoms with Crippen LogP contribution in [0.25, 0.3) is 5.57 Å². The van der Waals surface area contributed by atoms with E-state index >= 15 is 0 Å². The van der Waals surface area contributed by atoms with E-state index in [0.717, 1.165) is 11.1 Å². The largest absolute Gasteiger partial charge is 0.497 e. The molecule has 0 unspecified atom stereocenters. The molecular formula is C25H28N2O5. The smallest absolute Gasteiger partial charge is 0.415 e. The third-order valence-corrected chi connectivity index (χ3v) is 5.66. The molecule has 1 N–H and O–H groups in total. The highest BCUT2D eigenvalue weighted by atomic mass is 16.6. The lowest BCUT2D eigenvalue weighted by Crippen LogP contribution is -2.49. The average molecular weight is 437 g/mol. The van der Waals surface area contributed by atoms with Crippen LogP contribution in [0.1, 0.15) is 45.7 Å². The van der Waals surface area contributed by atoms with E-state index in [2.05, 4.69) is 5.32 Å². The zero-order valence-electron chi connectivity index (χ0n) is 19.2. The topological polar surface area (TPSA) is 77.1 Å². The van der Waals surface area contributed by atoms with Gasteiger partial charge in [-0.2, -0.15) is 0 Å². The minimum absolute atomic E-state index is 0.237. The first-order valence-electron chi connectivity index (χ1n) is 10.6. The number of nitrogens with zero attached hydrogens (tertiary/aromatic N) is 1. The van der Waals surface area contributed by atoms with Crippen LogP contribution < -0.4 is 15.0 Å². The van der Waals surface area contributed by atoms with Crippen LogP contribution in [0.4, 0.5) is 16.2 Å². The van der Waals surface area contributed by atoms with E-state index in [4.69, 9.17) is 14.2 Å². The van der Waals surface area contributed by atoms with Crippen molar-refractivity contribution in [2.75, 3.05) is 23.9 Å². The second-order valence-electron chi connectivity index (χ2n) is 8.91. The summed E-state index contributed by atoms with van der Waals surface area (Å²) in [6.45, 7) is 9.41. The van der Waals surface area contributed by atoms with Gasteiger partial charge >= 0.3 is 12.1 Å². The SMILES string of the molecule is CCOC(=O)C1=C2c3ccccc3N(C(=O)OC(C)(C)C)[C@@]2(C)c2cc(OC)ccc2N1. The lowest BCUT2D eigenvalue weighted by molar-refractivity contribution is -0.138. The Morgan fingerprint density at radius 2 is 1.84 bits per heavy atom. The van der Waals surface area contributed by atoms with Crippen LogP contribution in [0, 0.1) is 0 Å². The Balaban J connectivity index is 2.03. The predicted octanol–water partition coefficient (Wildman–Crippen LogP) is 5.07. The minimum Gasteiger partial charge on any atom is -0.497 e. The fraction of sp³-hybridized carbons (Fsp3) is 0.360. The summed E-state index contributed by atoms with van der Waals surface area (Å²) >= 11 is 0. The van der Waals surface area contributed by atoms with Gasteiger partial charge in [0.2, 0.25) is 0 Å². The lowest BCUT2D eigenvalue weighted by atomic mass is 9.78. The molecule has 4 rings (SSSR count). The van der Waals surface area contributed by atoms with Gasteiger partial charge in [-0.15, -0.1) is 0 Å². The zero-order chi connectivity index (χ0) is 23.3. The van der Waals surface area contributed by atoms with Gasteiger partial charge in [-0.1, -0.05) is 18.2 Å². The van der Waals surface area contributed by atoms with Crippen LogP contribution in [-0.2, 0) is 19.8 Å². The molecule has 0 bridgehead atoms. The number of fused-ring (bicyclic) bond motifs is 5. The van der Waals surface area contributed by atoms with Crippen molar-refractivity contribution in [3.63, 3.8) is 0 Å². The van der Waals surface area contributed by atoms with Gasteiger partial charge in [0.1, 0.15) is 22.6 Å². The Morgan fingerprint density at radius 3 is 2.50 bits per heavy atom. The molecule has 0 aliphatic carbocycles. The van der Waals surface area contributed by atoms with Gasteiger partial charge in [-0.3, -0.25) is 4.90 Å². The quantitative estimate of drug-likeness (QED) is 0.678. The number of esters is 1. The number of methoxy groups -OCH3 is 1. The second-order valence-corrected chi connectivity index (χ2v) is 8.91. The molecule has 0 spiro atoms. The summed E-state index contributed by atoms with van der Waals surface area (Å²) in [4.78, 5) is 28.2. The van der Waals surface area contributed by atoms with Gasteiger partial charge < -0.3 is 19.5 Å². The Kier molecular flexibility index (Phi) is 5.15. The number of carbonyl (C=O) groups is 2. The van der Waals surface area contributed by atoms with Gasteiger partial charge in [0.15, 0.2) is 0 Å². The van der Waals surface area contributed by atoms with Crippen molar-refractivity contribution in [1.82, 2.24) is 0 Å². The number of benzene rings is 2. The van der Waals surface area contributed by atoms with Gasteiger partial charge in [0.05, 0.1) is 19.4 Å². The van der Waals surface area contributed by atoms with Crippen LogP contribution in [0.5, 0.6) is 5.75 Å². The van der Waals surface area contributed by atoms with Gasteiger partial charge in [-0.05, 0) is 58.9 Å². The van der Waals surface area contributed by atoms with Crippen LogP contribution in [0.2, 0.25) is 0 Å². The maximum absolute atomic E-state index is 13.6. The van der Waals surface area contributed by atoms with Crippen LogP contribution in [0.3, 0.4) is 0 Å². The maximum atomic E-state index is 13.6. The van der Waals surface area contributed by atoms with Gasteiger partial charge in [0.25, 0.3) is 0 Å². The molecule has 7 heteroatoms. The number of hydrogen-bond acceptors (Lipinski definition) is 6. The first-order valence-corrected chi connectivity index (χ1v) is 10.6. The molecule has 2 aromatic rings. The molecule has 0 radical (unpaired) electrons. The van der Waals surface area contributed by atoms with E-state index in [0.29, 0.717) is 28.4 Å². The van der Waals surface area contributed by atoms with Crippen molar-refractivity contribution >= 4 is 29.0 Å². The van der Waals surface area contributed by atoms with Crippen molar-refractivity contribution in [3.8, 4) is 5.75 Å². The molecule has 0 aromatic heterocycles.